The van der Waals surface area contributed by atoms with Crippen LogP contribution in [-0.2, 0) is 9.53 Å². The first-order valence-electron chi connectivity index (χ1n) is 7.50. The van der Waals surface area contributed by atoms with Crippen molar-refractivity contribution in [3.63, 3.8) is 0 Å². The Kier molecular flexibility index (Phi) is 5.34. The van der Waals surface area contributed by atoms with E-state index in [1.807, 2.05) is 13.8 Å². The molecule has 0 aromatic carbocycles. The van der Waals surface area contributed by atoms with Crippen LogP contribution in [0.3, 0.4) is 0 Å². The first-order chi connectivity index (χ1) is 10.0. The summed E-state index contributed by atoms with van der Waals surface area (Å²) >= 11 is 0. The van der Waals surface area contributed by atoms with Crippen LogP contribution >= 0.6 is 0 Å². The zero-order valence-electron chi connectivity index (χ0n) is 12.8. The van der Waals surface area contributed by atoms with Crippen molar-refractivity contribution in [3.05, 3.63) is 11.6 Å². The SMILES string of the molecule is CC(C)(C=C(C#N)C(=O)N1CCNCC1)[C@@H]1CNCCO1. The summed E-state index contributed by atoms with van der Waals surface area (Å²) in [6.45, 7) is 9.13. The fourth-order valence-corrected chi connectivity index (χ4v) is 2.69. The molecule has 1 atom stereocenters. The molecule has 0 radical (unpaired) electrons. The summed E-state index contributed by atoms with van der Waals surface area (Å²) in [6.07, 6.45) is 1.75. The number of nitriles is 1. The van der Waals surface area contributed by atoms with E-state index in [4.69, 9.17) is 4.74 Å². The van der Waals surface area contributed by atoms with E-state index in [9.17, 15) is 10.1 Å². The molecule has 21 heavy (non-hydrogen) atoms. The molecule has 2 rings (SSSR count). The zero-order valence-corrected chi connectivity index (χ0v) is 12.8. The number of ether oxygens (including phenoxy) is 1. The Balaban J connectivity index is 2.10. The minimum Gasteiger partial charge on any atom is -0.375 e. The lowest BCUT2D eigenvalue weighted by Gasteiger charge is -2.35. The summed E-state index contributed by atoms with van der Waals surface area (Å²) in [7, 11) is 0. The highest BCUT2D eigenvalue weighted by Crippen LogP contribution is 2.28. The Morgan fingerprint density at radius 3 is 2.62 bits per heavy atom. The highest BCUT2D eigenvalue weighted by molar-refractivity contribution is 5.97. The molecule has 116 valence electrons. The van der Waals surface area contributed by atoms with Gasteiger partial charge in [0.25, 0.3) is 5.91 Å². The van der Waals surface area contributed by atoms with Gasteiger partial charge >= 0.3 is 0 Å². The maximum atomic E-state index is 12.4. The van der Waals surface area contributed by atoms with Gasteiger partial charge in [-0.15, -0.1) is 0 Å². The number of nitrogens with one attached hydrogen (secondary N) is 2. The number of rotatable bonds is 3. The van der Waals surface area contributed by atoms with E-state index in [-0.39, 0.29) is 23.0 Å². The minimum absolute atomic E-state index is 0.0228. The van der Waals surface area contributed by atoms with E-state index in [1.165, 1.54) is 0 Å². The lowest BCUT2D eigenvalue weighted by molar-refractivity contribution is -0.127. The van der Waals surface area contributed by atoms with Crippen molar-refractivity contribution in [1.29, 1.82) is 5.26 Å². The van der Waals surface area contributed by atoms with Gasteiger partial charge in [0.05, 0.1) is 12.7 Å². The number of amides is 1. The molecule has 0 aromatic heterocycles. The molecule has 2 fully saturated rings. The monoisotopic (exact) mass is 292 g/mol. The van der Waals surface area contributed by atoms with Crippen molar-refractivity contribution in [1.82, 2.24) is 15.5 Å². The van der Waals surface area contributed by atoms with Crippen LogP contribution in [-0.4, -0.2) is 62.8 Å². The number of carbonyl (C=O) groups excluding carboxylic acids is 1. The Hall–Kier alpha value is -1.42. The smallest absolute Gasteiger partial charge is 0.264 e. The van der Waals surface area contributed by atoms with Crippen molar-refractivity contribution >= 4 is 5.91 Å². The number of morpholine rings is 1. The molecule has 6 heteroatoms. The molecule has 0 unspecified atom stereocenters. The minimum atomic E-state index is -0.359. The highest BCUT2D eigenvalue weighted by Gasteiger charge is 2.32. The summed E-state index contributed by atoms with van der Waals surface area (Å²) in [5, 5.41) is 15.8. The molecule has 2 heterocycles. The van der Waals surface area contributed by atoms with Crippen LogP contribution in [0.5, 0.6) is 0 Å². The van der Waals surface area contributed by atoms with Gasteiger partial charge in [0.2, 0.25) is 0 Å². The molecule has 2 aliphatic heterocycles. The fraction of sp³-hybridized carbons (Fsp3) is 0.733. The summed E-state index contributed by atoms with van der Waals surface area (Å²) in [6, 6.07) is 2.07. The van der Waals surface area contributed by atoms with Gasteiger partial charge in [-0.3, -0.25) is 4.79 Å². The molecule has 0 saturated carbocycles. The third-order valence-corrected chi connectivity index (χ3v) is 4.03. The number of hydrogen-bond acceptors (Lipinski definition) is 5. The van der Waals surface area contributed by atoms with Crippen LogP contribution in [0.4, 0.5) is 0 Å². The van der Waals surface area contributed by atoms with Crippen molar-refractivity contribution < 1.29 is 9.53 Å². The van der Waals surface area contributed by atoms with Crippen LogP contribution in [0.1, 0.15) is 13.8 Å². The number of piperazine rings is 1. The van der Waals surface area contributed by atoms with Crippen molar-refractivity contribution in [3.8, 4) is 6.07 Å². The van der Waals surface area contributed by atoms with Crippen LogP contribution in [0.25, 0.3) is 0 Å². The molecule has 6 nitrogen and oxygen atoms in total. The number of hydrogen-bond donors (Lipinski definition) is 2. The summed E-state index contributed by atoms with van der Waals surface area (Å²) in [4.78, 5) is 14.2. The first kappa shape index (κ1) is 16.0. The van der Waals surface area contributed by atoms with Crippen LogP contribution in [0.2, 0.25) is 0 Å². The highest BCUT2D eigenvalue weighted by atomic mass is 16.5. The number of carbonyl (C=O) groups is 1. The van der Waals surface area contributed by atoms with E-state index in [0.717, 1.165) is 26.2 Å². The maximum Gasteiger partial charge on any atom is 0.264 e. The topological polar surface area (TPSA) is 77.4 Å². The van der Waals surface area contributed by atoms with E-state index in [0.29, 0.717) is 19.7 Å². The quantitative estimate of drug-likeness (QED) is 0.560. The standard InChI is InChI=1S/C15H24N4O2/c1-15(2,13-11-18-5-8-21-13)9-12(10-16)14(20)19-6-3-17-4-7-19/h9,13,17-18H,3-8,11H2,1-2H3/t13-/m0/s1. The van der Waals surface area contributed by atoms with Crippen molar-refractivity contribution in [2.45, 2.75) is 20.0 Å². The molecule has 0 aliphatic carbocycles. The van der Waals surface area contributed by atoms with Gasteiger partial charge in [0.1, 0.15) is 11.6 Å². The largest absolute Gasteiger partial charge is 0.375 e. The van der Waals surface area contributed by atoms with Crippen LogP contribution < -0.4 is 10.6 Å². The van der Waals surface area contributed by atoms with Gasteiger partial charge in [-0.1, -0.05) is 19.9 Å². The maximum absolute atomic E-state index is 12.4. The lowest BCUT2D eigenvalue weighted by atomic mass is 9.83. The second-order valence-corrected chi connectivity index (χ2v) is 6.10. The van der Waals surface area contributed by atoms with Gasteiger partial charge in [-0.2, -0.15) is 5.26 Å². The summed E-state index contributed by atoms with van der Waals surface area (Å²) in [5.74, 6) is -0.171. The van der Waals surface area contributed by atoms with E-state index < -0.39 is 0 Å². The van der Waals surface area contributed by atoms with Gasteiger partial charge in [-0.05, 0) is 0 Å². The molecule has 2 saturated heterocycles. The van der Waals surface area contributed by atoms with E-state index in [2.05, 4.69) is 16.7 Å². The number of nitrogens with zero attached hydrogens (tertiary/aromatic N) is 2. The molecular formula is C15H24N4O2. The first-order valence-corrected chi connectivity index (χ1v) is 7.50. The Bertz CT molecular complexity index is 441. The molecule has 0 spiro atoms. The van der Waals surface area contributed by atoms with Gasteiger partial charge in [0, 0.05) is 44.7 Å². The third-order valence-electron chi connectivity index (χ3n) is 4.03. The second kappa shape index (κ2) is 7.03. The molecular weight excluding hydrogens is 268 g/mol. The molecule has 2 aliphatic rings. The average molecular weight is 292 g/mol. The van der Waals surface area contributed by atoms with Gasteiger partial charge < -0.3 is 20.3 Å². The summed E-state index contributed by atoms with van der Waals surface area (Å²) < 4.78 is 5.76. The molecule has 2 N–H and O–H groups in total. The molecule has 0 bridgehead atoms. The summed E-state index contributed by atoms with van der Waals surface area (Å²) in [5.41, 5.74) is -0.140. The third kappa shape index (κ3) is 4.03. The second-order valence-electron chi connectivity index (χ2n) is 6.10. The van der Waals surface area contributed by atoms with Crippen LogP contribution in [0.15, 0.2) is 11.6 Å². The van der Waals surface area contributed by atoms with E-state index >= 15 is 0 Å². The molecule has 0 aromatic rings. The van der Waals surface area contributed by atoms with Crippen molar-refractivity contribution in [2.24, 2.45) is 5.41 Å². The average Bonchev–Trinajstić information content (AvgIpc) is 2.53. The Morgan fingerprint density at radius 1 is 1.33 bits per heavy atom. The normalized spacial score (nSPS) is 24.5. The fourth-order valence-electron chi connectivity index (χ4n) is 2.69. The Labute approximate surface area is 126 Å². The predicted molar refractivity (Wildman–Crippen MR) is 79.5 cm³/mol. The lowest BCUT2D eigenvalue weighted by Crippen LogP contribution is -2.48. The Morgan fingerprint density at radius 2 is 2.05 bits per heavy atom. The van der Waals surface area contributed by atoms with Crippen LogP contribution in [0, 0.1) is 16.7 Å². The van der Waals surface area contributed by atoms with Crippen molar-refractivity contribution in [2.75, 3.05) is 45.9 Å². The zero-order chi connectivity index (χ0) is 15.3. The van der Waals surface area contributed by atoms with E-state index in [1.54, 1.807) is 11.0 Å². The predicted octanol–water partition coefficient (Wildman–Crippen LogP) is -0.117. The van der Waals surface area contributed by atoms with Gasteiger partial charge in [-0.25, -0.2) is 0 Å². The van der Waals surface area contributed by atoms with Gasteiger partial charge in [0.15, 0.2) is 0 Å². The molecule has 1 amide bonds.